The molecule has 0 aromatic carbocycles. The third-order valence-electron chi connectivity index (χ3n) is 3.82. The van der Waals surface area contributed by atoms with Crippen molar-refractivity contribution in [1.82, 2.24) is 9.80 Å². The Bertz CT molecular complexity index is 317. The average molecular weight is 284 g/mol. The molecule has 20 heavy (non-hydrogen) atoms. The number of amides is 2. The van der Waals surface area contributed by atoms with Crippen LogP contribution in [0.2, 0.25) is 0 Å². The maximum absolute atomic E-state index is 12.4. The monoisotopic (exact) mass is 284 g/mol. The summed E-state index contributed by atoms with van der Waals surface area (Å²) in [5, 5.41) is 9.04. The number of piperidine rings is 1. The van der Waals surface area contributed by atoms with E-state index in [0.29, 0.717) is 26.2 Å². The van der Waals surface area contributed by atoms with E-state index in [1.165, 1.54) is 0 Å². The summed E-state index contributed by atoms with van der Waals surface area (Å²) in [5.41, 5.74) is 0. The molecule has 1 saturated heterocycles. The highest BCUT2D eigenvalue weighted by Gasteiger charge is 2.30. The third-order valence-corrected chi connectivity index (χ3v) is 3.82. The molecule has 1 aliphatic rings. The molecule has 0 radical (unpaired) electrons. The van der Waals surface area contributed by atoms with Gasteiger partial charge in [-0.15, -0.1) is 0 Å². The van der Waals surface area contributed by atoms with E-state index in [1.54, 1.807) is 4.90 Å². The van der Waals surface area contributed by atoms with Gasteiger partial charge in [0.1, 0.15) is 0 Å². The number of nitrogens with zero attached hydrogens (tertiary/aromatic N) is 2. The van der Waals surface area contributed by atoms with Crippen molar-refractivity contribution in [3.8, 4) is 0 Å². The Morgan fingerprint density at radius 2 is 1.85 bits per heavy atom. The summed E-state index contributed by atoms with van der Waals surface area (Å²) < 4.78 is 0. The molecular weight excluding hydrogens is 256 g/mol. The molecule has 0 unspecified atom stereocenters. The fourth-order valence-corrected chi connectivity index (χ4v) is 2.69. The van der Waals surface area contributed by atoms with E-state index >= 15 is 0 Å². The highest BCUT2D eigenvalue weighted by Crippen LogP contribution is 2.21. The van der Waals surface area contributed by atoms with E-state index in [1.807, 2.05) is 25.7 Å². The fraction of sp³-hybridized carbons (Fsp3) is 0.867. The second-order valence-corrected chi connectivity index (χ2v) is 5.80. The molecule has 2 amide bonds. The maximum atomic E-state index is 12.4. The summed E-state index contributed by atoms with van der Waals surface area (Å²) in [4.78, 5) is 27.9. The van der Waals surface area contributed by atoms with Crippen LogP contribution in [0.1, 0.15) is 40.0 Å². The number of aliphatic hydroxyl groups is 1. The van der Waals surface area contributed by atoms with Gasteiger partial charge in [0.15, 0.2) is 0 Å². The molecule has 1 rings (SSSR count). The number of aliphatic hydroxyl groups excluding tert-OH is 1. The van der Waals surface area contributed by atoms with Gasteiger partial charge in [-0.3, -0.25) is 9.59 Å². The summed E-state index contributed by atoms with van der Waals surface area (Å²) in [5.74, 6) is 0.340. The van der Waals surface area contributed by atoms with Crippen molar-refractivity contribution in [2.45, 2.75) is 40.0 Å². The summed E-state index contributed by atoms with van der Waals surface area (Å²) in [7, 11) is 0. The predicted octanol–water partition coefficient (Wildman–Crippen LogP) is 1.11. The van der Waals surface area contributed by atoms with Gasteiger partial charge in [-0.25, -0.2) is 0 Å². The minimum atomic E-state index is 0.00399. The molecule has 1 heterocycles. The van der Waals surface area contributed by atoms with Gasteiger partial charge >= 0.3 is 0 Å². The van der Waals surface area contributed by atoms with Crippen LogP contribution < -0.4 is 0 Å². The van der Waals surface area contributed by atoms with E-state index in [0.717, 1.165) is 19.3 Å². The van der Waals surface area contributed by atoms with Gasteiger partial charge in [-0.05, 0) is 19.3 Å². The zero-order chi connectivity index (χ0) is 15.1. The number of carbonyl (C=O) groups excluding carboxylic acids is 2. The Kier molecular flexibility index (Phi) is 6.99. The average Bonchev–Trinajstić information content (AvgIpc) is 2.45. The van der Waals surface area contributed by atoms with E-state index < -0.39 is 0 Å². The van der Waals surface area contributed by atoms with Crippen molar-refractivity contribution in [3.63, 3.8) is 0 Å². The highest BCUT2D eigenvalue weighted by atomic mass is 16.3. The van der Waals surface area contributed by atoms with Crippen LogP contribution in [0.5, 0.6) is 0 Å². The summed E-state index contributed by atoms with van der Waals surface area (Å²) in [6.45, 7) is 8.31. The molecule has 0 aromatic rings. The number of hydrogen-bond acceptors (Lipinski definition) is 3. The first kappa shape index (κ1) is 17.0. The second kappa shape index (κ2) is 8.25. The molecular formula is C15H28N2O3. The van der Waals surface area contributed by atoms with Gasteiger partial charge in [0, 0.05) is 38.0 Å². The molecule has 1 aliphatic heterocycles. The van der Waals surface area contributed by atoms with Crippen LogP contribution in [0.15, 0.2) is 0 Å². The number of hydrogen-bond donors (Lipinski definition) is 1. The fourth-order valence-electron chi connectivity index (χ4n) is 2.69. The van der Waals surface area contributed by atoms with Crippen molar-refractivity contribution < 1.29 is 14.7 Å². The van der Waals surface area contributed by atoms with Crippen molar-refractivity contribution >= 4 is 11.8 Å². The molecule has 116 valence electrons. The summed E-state index contributed by atoms with van der Waals surface area (Å²) in [6, 6.07) is 0. The van der Waals surface area contributed by atoms with Crippen LogP contribution in [0.4, 0.5) is 0 Å². The van der Waals surface area contributed by atoms with Gasteiger partial charge < -0.3 is 14.9 Å². The Labute approximate surface area is 121 Å². The number of likely N-dealkylation sites (tertiary alicyclic amines) is 1. The van der Waals surface area contributed by atoms with Gasteiger partial charge in [0.25, 0.3) is 0 Å². The molecule has 5 nitrogen and oxygen atoms in total. The van der Waals surface area contributed by atoms with Crippen LogP contribution in [0, 0.1) is 11.8 Å². The maximum Gasteiger partial charge on any atom is 0.225 e. The molecule has 5 heteroatoms. The number of rotatable bonds is 6. The first-order valence-electron chi connectivity index (χ1n) is 7.69. The van der Waals surface area contributed by atoms with E-state index in [4.69, 9.17) is 5.11 Å². The van der Waals surface area contributed by atoms with E-state index in [-0.39, 0.29) is 30.3 Å². The molecule has 1 N–H and O–H groups in total. The van der Waals surface area contributed by atoms with Crippen molar-refractivity contribution in [3.05, 3.63) is 0 Å². The van der Waals surface area contributed by atoms with Crippen LogP contribution in [0.25, 0.3) is 0 Å². The molecule has 0 atom stereocenters. The zero-order valence-corrected chi connectivity index (χ0v) is 13.0. The minimum Gasteiger partial charge on any atom is -0.395 e. The second-order valence-electron chi connectivity index (χ2n) is 5.80. The van der Waals surface area contributed by atoms with Crippen LogP contribution in [-0.2, 0) is 9.59 Å². The molecule has 0 bridgehead atoms. The quantitative estimate of drug-likeness (QED) is 0.795. The van der Waals surface area contributed by atoms with Gasteiger partial charge in [-0.2, -0.15) is 0 Å². The molecule has 0 spiro atoms. The zero-order valence-electron chi connectivity index (χ0n) is 13.0. The largest absolute Gasteiger partial charge is 0.395 e. The Morgan fingerprint density at radius 3 is 2.30 bits per heavy atom. The molecule has 1 fully saturated rings. The first-order chi connectivity index (χ1) is 9.51. The normalized spacial score (nSPS) is 16.6. The summed E-state index contributed by atoms with van der Waals surface area (Å²) in [6.07, 6.45) is 2.38. The standard InChI is InChI=1S/C15H28N2O3/c1-4-7-16(10-11-18)15(20)13-5-8-17(9-6-13)14(19)12(2)3/h12-13,18H,4-11H2,1-3H3. The lowest BCUT2D eigenvalue weighted by Crippen LogP contribution is -2.46. The topological polar surface area (TPSA) is 60.9 Å². The van der Waals surface area contributed by atoms with E-state index in [2.05, 4.69) is 0 Å². The Hall–Kier alpha value is -1.10. The lowest BCUT2D eigenvalue weighted by Gasteiger charge is -2.34. The van der Waals surface area contributed by atoms with Gasteiger partial charge in [-0.1, -0.05) is 20.8 Å². The Morgan fingerprint density at radius 1 is 1.25 bits per heavy atom. The molecule has 0 aliphatic carbocycles. The minimum absolute atomic E-state index is 0.00399. The first-order valence-corrected chi connectivity index (χ1v) is 7.69. The summed E-state index contributed by atoms with van der Waals surface area (Å²) >= 11 is 0. The molecule has 0 aromatic heterocycles. The number of carbonyl (C=O) groups is 2. The van der Waals surface area contributed by atoms with Crippen LogP contribution in [0.3, 0.4) is 0 Å². The molecule has 0 saturated carbocycles. The van der Waals surface area contributed by atoms with Crippen LogP contribution in [-0.4, -0.2) is 59.5 Å². The smallest absolute Gasteiger partial charge is 0.225 e. The van der Waals surface area contributed by atoms with Crippen molar-refractivity contribution in [2.24, 2.45) is 11.8 Å². The van der Waals surface area contributed by atoms with Crippen molar-refractivity contribution in [1.29, 1.82) is 0 Å². The SMILES string of the molecule is CCCN(CCO)C(=O)C1CCN(C(=O)C(C)C)CC1. The highest BCUT2D eigenvalue weighted by molar-refractivity contribution is 5.80. The van der Waals surface area contributed by atoms with Crippen LogP contribution >= 0.6 is 0 Å². The predicted molar refractivity (Wildman–Crippen MR) is 78.1 cm³/mol. The Balaban J connectivity index is 2.51. The van der Waals surface area contributed by atoms with Gasteiger partial charge in [0.2, 0.25) is 11.8 Å². The third kappa shape index (κ3) is 4.47. The van der Waals surface area contributed by atoms with Crippen molar-refractivity contribution in [2.75, 3.05) is 32.8 Å². The lowest BCUT2D eigenvalue weighted by atomic mass is 9.94. The lowest BCUT2D eigenvalue weighted by molar-refractivity contribution is -0.142. The van der Waals surface area contributed by atoms with E-state index in [9.17, 15) is 9.59 Å². The van der Waals surface area contributed by atoms with Gasteiger partial charge in [0.05, 0.1) is 6.61 Å².